The summed E-state index contributed by atoms with van der Waals surface area (Å²) in [5.74, 6) is -1.77. The van der Waals surface area contributed by atoms with Crippen LogP contribution in [0.3, 0.4) is 0 Å². The van der Waals surface area contributed by atoms with Gasteiger partial charge >= 0.3 is 0 Å². The van der Waals surface area contributed by atoms with E-state index in [-0.39, 0.29) is 18.4 Å². The standard InChI is InChI=1S/C13H17F2NO/c1-3-5-17-13-11(14)7-9(8-12(13)15)6-10(16)4-2/h3,7-8,10H,1,4-6,16H2,2H3. The number of benzene rings is 1. The molecule has 0 spiro atoms. The summed E-state index contributed by atoms with van der Waals surface area (Å²) < 4.78 is 32.0. The van der Waals surface area contributed by atoms with Crippen molar-refractivity contribution in [2.45, 2.75) is 25.8 Å². The Hall–Kier alpha value is -1.42. The molecule has 0 aliphatic carbocycles. The molecular weight excluding hydrogens is 224 g/mol. The minimum atomic E-state index is -0.704. The van der Waals surface area contributed by atoms with Crippen LogP contribution in [0, 0.1) is 11.6 Å². The van der Waals surface area contributed by atoms with Crippen molar-refractivity contribution in [1.29, 1.82) is 0 Å². The van der Waals surface area contributed by atoms with Crippen molar-refractivity contribution < 1.29 is 13.5 Å². The predicted molar refractivity (Wildman–Crippen MR) is 64.0 cm³/mol. The minimum absolute atomic E-state index is 0.0711. The molecule has 0 fully saturated rings. The van der Waals surface area contributed by atoms with E-state index in [9.17, 15) is 8.78 Å². The third-order valence-corrected chi connectivity index (χ3v) is 2.43. The van der Waals surface area contributed by atoms with Gasteiger partial charge in [-0.1, -0.05) is 19.6 Å². The van der Waals surface area contributed by atoms with Crippen molar-refractivity contribution in [3.05, 3.63) is 42.0 Å². The van der Waals surface area contributed by atoms with Crippen LogP contribution in [0.4, 0.5) is 8.78 Å². The van der Waals surface area contributed by atoms with Crippen molar-refractivity contribution >= 4 is 0 Å². The lowest BCUT2D eigenvalue weighted by Gasteiger charge is -2.11. The molecule has 0 aliphatic rings. The monoisotopic (exact) mass is 241 g/mol. The lowest BCUT2D eigenvalue weighted by atomic mass is 10.0. The van der Waals surface area contributed by atoms with Crippen LogP contribution in [-0.2, 0) is 6.42 Å². The second-order valence-corrected chi connectivity index (χ2v) is 3.86. The third-order valence-electron chi connectivity index (χ3n) is 2.43. The summed E-state index contributed by atoms with van der Waals surface area (Å²) in [5, 5.41) is 0. The molecule has 0 amide bonds. The Labute approximate surface area is 100 Å². The number of hydrogen-bond acceptors (Lipinski definition) is 2. The van der Waals surface area contributed by atoms with Crippen LogP contribution in [0.1, 0.15) is 18.9 Å². The van der Waals surface area contributed by atoms with Crippen LogP contribution in [0.25, 0.3) is 0 Å². The third kappa shape index (κ3) is 3.82. The lowest BCUT2D eigenvalue weighted by Crippen LogP contribution is -2.21. The van der Waals surface area contributed by atoms with Crippen LogP contribution in [0.2, 0.25) is 0 Å². The van der Waals surface area contributed by atoms with Gasteiger partial charge in [-0.05, 0) is 30.5 Å². The molecule has 1 unspecified atom stereocenters. The van der Waals surface area contributed by atoms with E-state index in [0.29, 0.717) is 12.0 Å². The van der Waals surface area contributed by atoms with Gasteiger partial charge in [0.15, 0.2) is 17.4 Å². The van der Waals surface area contributed by atoms with E-state index in [4.69, 9.17) is 10.5 Å². The van der Waals surface area contributed by atoms with Gasteiger partial charge in [-0.25, -0.2) is 8.78 Å². The quantitative estimate of drug-likeness (QED) is 0.777. The molecule has 1 aromatic carbocycles. The highest BCUT2D eigenvalue weighted by molar-refractivity contribution is 5.32. The Morgan fingerprint density at radius 1 is 1.41 bits per heavy atom. The molecule has 0 bridgehead atoms. The van der Waals surface area contributed by atoms with Crippen molar-refractivity contribution in [2.75, 3.05) is 6.61 Å². The van der Waals surface area contributed by atoms with Crippen LogP contribution < -0.4 is 10.5 Å². The van der Waals surface area contributed by atoms with Crippen LogP contribution in [0.5, 0.6) is 5.75 Å². The van der Waals surface area contributed by atoms with E-state index in [1.165, 1.54) is 18.2 Å². The maximum absolute atomic E-state index is 13.5. The summed E-state index contributed by atoms with van der Waals surface area (Å²) in [6.45, 7) is 5.42. The zero-order valence-electron chi connectivity index (χ0n) is 9.88. The molecule has 94 valence electrons. The molecule has 4 heteroatoms. The average molecular weight is 241 g/mol. The number of hydrogen-bond donors (Lipinski definition) is 1. The van der Waals surface area contributed by atoms with E-state index >= 15 is 0 Å². The molecule has 0 aromatic heterocycles. The van der Waals surface area contributed by atoms with Gasteiger partial charge in [-0.3, -0.25) is 0 Å². The lowest BCUT2D eigenvalue weighted by molar-refractivity contribution is 0.320. The molecule has 2 N–H and O–H groups in total. The fourth-order valence-corrected chi connectivity index (χ4v) is 1.46. The smallest absolute Gasteiger partial charge is 0.191 e. The number of ether oxygens (including phenoxy) is 1. The average Bonchev–Trinajstić information content (AvgIpc) is 2.28. The fourth-order valence-electron chi connectivity index (χ4n) is 1.46. The first-order chi connectivity index (χ1) is 8.08. The Morgan fingerprint density at radius 3 is 2.47 bits per heavy atom. The van der Waals surface area contributed by atoms with E-state index in [0.717, 1.165) is 6.42 Å². The van der Waals surface area contributed by atoms with Crippen LogP contribution in [-0.4, -0.2) is 12.6 Å². The molecule has 0 radical (unpaired) electrons. The van der Waals surface area contributed by atoms with E-state index < -0.39 is 11.6 Å². The molecular formula is C13H17F2NO. The minimum Gasteiger partial charge on any atom is -0.483 e. The normalized spacial score (nSPS) is 12.2. The van der Waals surface area contributed by atoms with Gasteiger partial charge in [0, 0.05) is 6.04 Å². The van der Waals surface area contributed by atoms with Crippen LogP contribution in [0.15, 0.2) is 24.8 Å². The SMILES string of the molecule is C=CCOc1c(F)cc(CC(N)CC)cc1F. The largest absolute Gasteiger partial charge is 0.483 e. The molecule has 0 saturated carbocycles. The highest BCUT2D eigenvalue weighted by Crippen LogP contribution is 2.24. The van der Waals surface area contributed by atoms with Gasteiger partial charge in [-0.15, -0.1) is 0 Å². The second-order valence-electron chi connectivity index (χ2n) is 3.86. The Kier molecular flexibility index (Phi) is 5.10. The Bertz CT molecular complexity index is 370. The fraction of sp³-hybridized carbons (Fsp3) is 0.385. The highest BCUT2D eigenvalue weighted by Gasteiger charge is 2.13. The number of rotatable bonds is 6. The first kappa shape index (κ1) is 13.6. The van der Waals surface area contributed by atoms with Gasteiger partial charge in [0.1, 0.15) is 6.61 Å². The predicted octanol–water partition coefficient (Wildman–Crippen LogP) is 2.81. The summed E-state index contributed by atoms with van der Waals surface area (Å²) in [6.07, 6.45) is 2.64. The van der Waals surface area contributed by atoms with Gasteiger partial charge < -0.3 is 10.5 Å². The highest BCUT2D eigenvalue weighted by atomic mass is 19.1. The van der Waals surface area contributed by atoms with Crippen molar-refractivity contribution in [2.24, 2.45) is 5.73 Å². The summed E-state index contributed by atoms with van der Waals surface area (Å²) in [6, 6.07) is 2.43. The second kappa shape index (κ2) is 6.35. The first-order valence-electron chi connectivity index (χ1n) is 5.55. The van der Waals surface area contributed by atoms with E-state index in [1.54, 1.807) is 0 Å². The zero-order chi connectivity index (χ0) is 12.8. The Balaban J connectivity index is 2.88. The number of nitrogens with two attached hydrogens (primary N) is 1. The van der Waals surface area contributed by atoms with Gasteiger partial charge in [0.25, 0.3) is 0 Å². The van der Waals surface area contributed by atoms with Crippen LogP contribution >= 0.6 is 0 Å². The summed E-state index contributed by atoms with van der Waals surface area (Å²) >= 11 is 0. The molecule has 1 aromatic rings. The summed E-state index contributed by atoms with van der Waals surface area (Å²) in [4.78, 5) is 0. The van der Waals surface area contributed by atoms with Gasteiger partial charge in [-0.2, -0.15) is 0 Å². The maximum atomic E-state index is 13.5. The molecule has 0 heterocycles. The van der Waals surface area contributed by atoms with E-state index in [2.05, 4.69) is 6.58 Å². The van der Waals surface area contributed by atoms with Gasteiger partial charge in [0.05, 0.1) is 0 Å². The van der Waals surface area contributed by atoms with E-state index in [1.807, 2.05) is 6.92 Å². The molecule has 0 aliphatic heterocycles. The van der Waals surface area contributed by atoms with Gasteiger partial charge in [0.2, 0.25) is 0 Å². The molecule has 1 rings (SSSR count). The number of halogens is 2. The zero-order valence-corrected chi connectivity index (χ0v) is 9.88. The topological polar surface area (TPSA) is 35.2 Å². The molecule has 2 nitrogen and oxygen atoms in total. The van der Waals surface area contributed by atoms with Crippen molar-refractivity contribution in [3.8, 4) is 5.75 Å². The molecule has 17 heavy (non-hydrogen) atoms. The first-order valence-corrected chi connectivity index (χ1v) is 5.55. The summed E-state index contributed by atoms with van der Waals surface area (Å²) in [5.41, 5.74) is 6.28. The Morgan fingerprint density at radius 2 is 2.00 bits per heavy atom. The summed E-state index contributed by atoms with van der Waals surface area (Å²) in [7, 11) is 0. The maximum Gasteiger partial charge on any atom is 0.191 e. The molecule has 1 atom stereocenters. The van der Waals surface area contributed by atoms with Crippen molar-refractivity contribution in [3.63, 3.8) is 0 Å². The van der Waals surface area contributed by atoms with Crippen molar-refractivity contribution in [1.82, 2.24) is 0 Å². The molecule has 0 saturated heterocycles.